The summed E-state index contributed by atoms with van der Waals surface area (Å²) in [6, 6.07) is 8.60. The van der Waals surface area contributed by atoms with Gasteiger partial charge in [0.2, 0.25) is 0 Å². The molecule has 22 heavy (non-hydrogen) atoms. The van der Waals surface area contributed by atoms with Crippen LogP contribution in [0.4, 0.5) is 5.69 Å². The first-order valence-corrected chi connectivity index (χ1v) is 8.54. The molecule has 0 unspecified atom stereocenters. The van der Waals surface area contributed by atoms with Gasteiger partial charge in [-0.1, -0.05) is 39.1 Å². The minimum absolute atomic E-state index is 0.120. The van der Waals surface area contributed by atoms with Crippen LogP contribution in [0.5, 0.6) is 5.75 Å². The first kappa shape index (κ1) is 17.6. The van der Waals surface area contributed by atoms with Crippen LogP contribution < -0.4 is 10.1 Å². The molecule has 7 heteroatoms. The Morgan fingerprint density at radius 2 is 1.77 bits per heavy atom. The van der Waals surface area contributed by atoms with Crippen molar-refractivity contribution in [1.29, 1.82) is 0 Å². The molecule has 2 aromatic rings. The van der Waals surface area contributed by atoms with Crippen LogP contribution in [0.2, 0.25) is 10.0 Å². The van der Waals surface area contributed by atoms with Crippen LogP contribution >= 0.6 is 55.1 Å². The molecule has 0 saturated carbocycles. The second-order valence-corrected chi connectivity index (χ2v) is 7.17. The van der Waals surface area contributed by atoms with Crippen molar-refractivity contribution in [2.75, 3.05) is 11.9 Å². The first-order valence-electron chi connectivity index (χ1n) is 6.19. The number of anilines is 1. The normalized spacial score (nSPS) is 10.4. The van der Waals surface area contributed by atoms with Crippen LogP contribution in [0.25, 0.3) is 0 Å². The van der Waals surface area contributed by atoms with Gasteiger partial charge in [-0.2, -0.15) is 0 Å². The molecule has 0 bridgehead atoms. The summed E-state index contributed by atoms with van der Waals surface area (Å²) in [5.41, 5.74) is 1.44. The highest BCUT2D eigenvalue weighted by molar-refractivity contribution is 9.11. The highest BCUT2D eigenvalue weighted by atomic mass is 79.9. The number of carbonyl (C=O) groups is 1. The molecule has 2 rings (SSSR count). The molecule has 0 spiro atoms. The number of rotatable bonds is 4. The van der Waals surface area contributed by atoms with Gasteiger partial charge in [-0.3, -0.25) is 4.79 Å². The van der Waals surface area contributed by atoms with Crippen LogP contribution in [0, 0.1) is 6.92 Å². The number of nitrogens with one attached hydrogen (secondary N) is 1. The Hall–Kier alpha value is -0.750. The standard InChI is InChI=1S/C15H11Br2Cl2NO2/c1-8-2-9(16)3-13(17)15(8)22-7-14(21)20-12-5-10(18)4-11(19)6-12/h2-6H,7H2,1H3,(H,20,21). The lowest BCUT2D eigenvalue weighted by atomic mass is 10.2. The van der Waals surface area contributed by atoms with Crippen molar-refractivity contribution in [1.82, 2.24) is 0 Å². The Morgan fingerprint density at radius 3 is 2.36 bits per heavy atom. The summed E-state index contributed by atoms with van der Waals surface area (Å²) in [5, 5.41) is 3.59. The number of benzene rings is 2. The summed E-state index contributed by atoms with van der Waals surface area (Å²) in [6.45, 7) is 1.78. The van der Waals surface area contributed by atoms with E-state index in [1.807, 2.05) is 19.1 Å². The van der Waals surface area contributed by atoms with Gasteiger partial charge in [-0.15, -0.1) is 0 Å². The van der Waals surface area contributed by atoms with Crippen LogP contribution in [-0.4, -0.2) is 12.5 Å². The van der Waals surface area contributed by atoms with Gasteiger partial charge < -0.3 is 10.1 Å². The van der Waals surface area contributed by atoms with Gasteiger partial charge in [0, 0.05) is 20.2 Å². The van der Waals surface area contributed by atoms with Crippen LogP contribution in [0.3, 0.4) is 0 Å². The largest absolute Gasteiger partial charge is 0.482 e. The van der Waals surface area contributed by atoms with E-state index in [0.29, 0.717) is 21.5 Å². The van der Waals surface area contributed by atoms with Crippen LogP contribution in [-0.2, 0) is 4.79 Å². The number of hydrogen-bond donors (Lipinski definition) is 1. The van der Waals surface area contributed by atoms with Gasteiger partial charge in [0.1, 0.15) is 5.75 Å². The van der Waals surface area contributed by atoms with E-state index in [0.717, 1.165) is 14.5 Å². The predicted octanol–water partition coefficient (Wildman–Crippen LogP) is 5.84. The van der Waals surface area contributed by atoms with E-state index in [4.69, 9.17) is 27.9 Å². The zero-order valence-corrected chi connectivity index (χ0v) is 16.1. The number of amides is 1. The second-order valence-electron chi connectivity index (χ2n) is 4.53. The monoisotopic (exact) mass is 465 g/mol. The van der Waals surface area contributed by atoms with Crippen molar-refractivity contribution in [3.8, 4) is 5.75 Å². The molecule has 0 aliphatic carbocycles. The van der Waals surface area contributed by atoms with Crippen molar-refractivity contribution in [2.24, 2.45) is 0 Å². The fourth-order valence-corrected chi connectivity index (χ4v) is 3.91. The highest BCUT2D eigenvalue weighted by Crippen LogP contribution is 2.32. The second kappa shape index (κ2) is 7.68. The highest BCUT2D eigenvalue weighted by Gasteiger charge is 2.10. The zero-order chi connectivity index (χ0) is 16.3. The topological polar surface area (TPSA) is 38.3 Å². The molecule has 0 heterocycles. The molecule has 0 atom stereocenters. The molecule has 0 aliphatic heterocycles. The fraction of sp³-hybridized carbons (Fsp3) is 0.133. The molecule has 0 radical (unpaired) electrons. The quantitative estimate of drug-likeness (QED) is 0.613. The molecule has 0 fully saturated rings. The lowest BCUT2D eigenvalue weighted by molar-refractivity contribution is -0.118. The maximum absolute atomic E-state index is 12.0. The van der Waals surface area contributed by atoms with E-state index >= 15 is 0 Å². The molecule has 0 saturated heterocycles. The summed E-state index contributed by atoms with van der Waals surface area (Å²) in [5.74, 6) is 0.329. The molecule has 1 N–H and O–H groups in total. The number of carbonyl (C=O) groups excluding carboxylic acids is 1. The molecule has 2 aromatic carbocycles. The zero-order valence-electron chi connectivity index (χ0n) is 11.4. The Labute approximate surface area is 155 Å². The van der Waals surface area contributed by atoms with Crippen LogP contribution in [0.1, 0.15) is 5.56 Å². The van der Waals surface area contributed by atoms with Crippen molar-refractivity contribution in [3.63, 3.8) is 0 Å². The third-order valence-electron chi connectivity index (χ3n) is 2.69. The molecular weight excluding hydrogens is 457 g/mol. The van der Waals surface area contributed by atoms with Gasteiger partial charge in [-0.05, 0) is 58.7 Å². The first-order chi connectivity index (χ1) is 10.3. The summed E-state index contributed by atoms with van der Waals surface area (Å²) < 4.78 is 7.28. The van der Waals surface area contributed by atoms with E-state index in [2.05, 4.69) is 37.2 Å². The maximum atomic E-state index is 12.0. The lowest BCUT2D eigenvalue weighted by Gasteiger charge is -2.12. The molecule has 3 nitrogen and oxygen atoms in total. The SMILES string of the molecule is Cc1cc(Br)cc(Br)c1OCC(=O)Nc1cc(Cl)cc(Cl)c1. The third-order valence-corrected chi connectivity index (χ3v) is 4.17. The Balaban J connectivity index is 2.01. The molecule has 116 valence electrons. The minimum Gasteiger partial charge on any atom is -0.482 e. The van der Waals surface area contributed by atoms with E-state index < -0.39 is 0 Å². The predicted molar refractivity (Wildman–Crippen MR) is 97.2 cm³/mol. The van der Waals surface area contributed by atoms with Gasteiger partial charge in [0.15, 0.2) is 6.61 Å². The Kier molecular flexibility index (Phi) is 6.15. The fourth-order valence-electron chi connectivity index (χ4n) is 1.83. The average Bonchev–Trinajstić information content (AvgIpc) is 2.35. The third kappa shape index (κ3) is 4.88. The van der Waals surface area contributed by atoms with E-state index in [1.165, 1.54) is 0 Å². The number of hydrogen-bond acceptors (Lipinski definition) is 2. The summed E-state index contributed by atoms with van der Waals surface area (Å²) in [4.78, 5) is 12.0. The maximum Gasteiger partial charge on any atom is 0.262 e. The Bertz CT molecular complexity index is 679. The van der Waals surface area contributed by atoms with E-state index in [1.54, 1.807) is 18.2 Å². The molecule has 0 aliphatic rings. The lowest BCUT2D eigenvalue weighted by Crippen LogP contribution is -2.20. The van der Waals surface area contributed by atoms with E-state index in [-0.39, 0.29) is 12.5 Å². The summed E-state index contributed by atoms with van der Waals surface area (Å²) in [7, 11) is 0. The molecule has 0 aromatic heterocycles. The van der Waals surface area contributed by atoms with Crippen molar-refractivity contribution in [2.45, 2.75) is 6.92 Å². The smallest absolute Gasteiger partial charge is 0.262 e. The number of halogens is 4. The number of aryl methyl sites for hydroxylation is 1. The number of ether oxygens (including phenoxy) is 1. The molecular formula is C15H11Br2Cl2NO2. The average molecular weight is 468 g/mol. The van der Waals surface area contributed by atoms with E-state index in [9.17, 15) is 4.79 Å². The van der Waals surface area contributed by atoms with Gasteiger partial charge in [0.05, 0.1) is 4.47 Å². The summed E-state index contributed by atoms with van der Waals surface area (Å²) in [6.07, 6.45) is 0. The molecule has 1 amide bonds. The Morgan fingerprint density at radius 1 is 1.14 bits per heavy atom. The van der Waals surface area contributed by atoms with Crippen molar-refractivity contribution >= 4 is 66.7 Å². The van der Waals surface area contributed by atoms with Crippen LogP contribution in [0.15, 0.2) is 39.3 Å². The van der Waals surface area contributed by atoms with Gasteiger partial charge in [-0.25, -0.2) is 0 Å². The summed E-state index contributed by atoms with van der Waals surface area (Å²) >= 11 is 18.6. The minimum atomic E-state index is -0.299. The van der Waals surface area contributed by atoms with Gasteiger partial charge >= 0.3 is 0 Å². The van der Waals surface area contributed by atoms with Crippen molar-refractivity contribution < 1.29 is 9.53 Å². The van der Waals surface area contributed by atoms with Gasteiger partial charge in [0.25, 0.3) is 5.91 Å². The van der Waals surface area contributed by atoms with Crippen molar-refractivity contribution in [3.05, 3.63) is 54.9 Å².